The Morgan fingerprint density at radius 1 is 0.864 bits per heavy atom. The smallest absolute Gasteiger partial charge is 0.119 e. The molecule has 1 aliphatic heterocycles. The molecule has 1 heterocycles. The van der Waals surface area contributed by atoms with Gasteiger partial charge in [0.1, 0.15) is 11.9 Å². The molecule has 1 aromatic carbocycles. The molecule has 0 amide bonds. The number of likely N-dealkylation sites (tertiary alicyclic amines) is 1. The quantitative estimate of drug-likeness (QED) is 0.737. The van der Waals surface area contributed by atoms with Crippen LogP contribution in [0, 0.1) is 6.92 Å². The minimum absolute atomic E-state index is 0.444. The van der Waals surface area contributed by atoms with Crippen molar-refractivity contribution in [3.05, 3.63) is 29.8 Å². The van der Waals surface area contributed by atoms with E-state index >= 15 is 0 Å². The highest BCUT2D eigenvalue weighted by molar-refractivity contribution is 5.26. The molecule has 0 radical (unpaired) electrons. The summed E-state index contributed by atoms with van der Waals surface area (Å²) < 4.78 is 6.00. The summed E-state index contributed by atoms with van der Waals surface area (Å²) in [5.74, 6) is 1.03. The summed E-state index contributed by atoms with van der Waals surface area (Å²) in [4.78, 5) is 2.67. The first kappa shape index (κ1) is 19.0. The maximum Gasteiger partial charge on any atom is 0.119 e. The van der Waals surface area contributed by atoms with Gasteiger partial charge in [0, 0.05) is 18.9 Å². The molecule has 0 unspecified atom stereocenters. The van der Waals surface area contributed by atoms with Gasteiger partial charge in [0.25, 0.3) is 0 Å². The van der Waals surface area contributed by atoms with Crippen LogP contribution in [-0.2, 0) is 0 Å². The predicted molar refractivity (Wildman–Crippen MR) is 96.7 cm³/mol. The molecular formula is C20H35NO. The summed E-state index contributed by atoms with van der Waals surface area (Å²) in [5.41, 5.74) is 1.29. The lowest BCUT2D eigenvalue weighted by molar-refractivity contribution is 0.00892. The number of piperidine rings is 1. The van der Waals surface area contributed by atoms with Crippen molar-refractivity contribution < 1.29 is 4.74 Å². The summed E-state index contributed by atoms with van der Waals surface area (Å²) in [7, 11) is 0. The Hall–Kier alpha value is -1.02. The number of nitrogens with zero attached hydrogens (tertiary/aromatic N) is 1. The van der Waals surface area contributed by atoms with Crippen molar-refractivity contribution in [3.8, 4) is 5.75 Å². The first-order valence-corrected chi connectivity index (χ1v) is 9.28. The second-order valence-corrected chi connectivity index (χ2v) is 5.77. The van der Waals surface area contributed by atoms with Crippen LogP contribution in [0.3, 0.4) is 0 Å². The number of hydrogen-bond donors (Lipinski definition) is 0. The van der Waals surface area contributed by atoms with Crippen LogP contribution >= 0.6 is 0 Å². The molecule has 2 heteroatoms. The lowest BCUT2D eigenvalue weighted by Gasteiger charge is -2.44. The van der Waals surface area contributed by atoms with Gasteiger partial charge in [-0.2, -0.15) is 0 Å². The fraction of sp³-hybridized carbons (Fsp3) is 0.700. The molecule has 0 spiro atoms. The van der Waals surface area contributed by atoms with E-state index in [2.05, 4.69) is 36.1 Å². The highest BCUT2D eigenvalue weighted by atomic mass is 16.5. The van der Waals surface area contributed by atoms with Crippen molar-refractivity contribution in [2.45, 2.75) is 78.9 Å². The topological polar surface area (TPSA) is 12.5 Å². The van der Waals surface area contributed by atoms with Crippen molar-refractivity contribution in [2.75, 3.05) is 13.1 Å². The van der Waals surface area contributed by atoms with Crippen LogP contribution in [0.2, 0.25) is 0 Å². The Kier molecular flexibility index (Phi) is 9.22. The Bertz CT molecular complexity index is 375. The molecule has 0 aromatic heterocycles. The van der Waals surface area contributed by atoms with Crippen molar-refractivity contribution in [1.82, 2.24) is 4.90 Å². The molecule has 0 bridgehead atoms. The van der Waals surface area contributed by atoms with Gasteiger partial charge in [-0.1, -0.05) is 51.8 Å². The van der Waals surface area contributed by atoms with Gasteiger partial charge < -0.3 is 9.64 Å². The van der Waals surface area contributed by atoms with E-state index in [1.54, 1.807) is 0 Å². The molecule has 3 rings (SSSR count). The van der Waals surface area contributed by atoms with Crippen molar-refractivity contribution in [1.29, 1.82) is 0 Å². The molecule has 1 aromatic rings. The van der Waals surface area contributed by atoms with Crippen LogP contribution in [0.25, 0.3) is 0 Å². The number of rotatable bonds is 3. The van der Waals surface area contributed by atoms with E-state index in [1.165, 1.54) is 50.8 Å². The largest absolute Gasteiger partial charge is 0.490 e. The van der Waals surface area contributed by atoms with Crippen LogP contribution in [0.1, 0.15) is 65.4 Å². The third kappa shape index (κ3) is 5.64. The second-order valence-electron chi connectivity index (χ2n) is 5.77. The standard InChI is InChI=1S/C16H23NO.2C2H6/c1-13-5-7-15(8-6-13)18-16-11-14(12-16)17-9-3-2-4-10-17;2*1-2/h5-8,14,16H,2-4,9-12H2,1H3;2*1-2H3. The average Bonchev–Trinajstić information content (AvgIpc) is 2.57. The summed E-state index contributed by atoms with van der Waals surface area (Å²) in [5, 5.41) is 0. The van der Waals surface area contributed by atoms with Crippen LogP contribution in [0.15, 0.2) is 24.3 Å². The maximum absolute atomic E-state index is 6.00. The first-order chi connectivity index (χ1) is 10.8. The second kappa shape index (κ2) is 10.7. The van der Waals surface area contributed by atoms with Crippen LogP contribution < -0.4 is 4.74 Å². The van der Waals surface area contributed by atoms with Gasteiger partial charge >= 0.3 is 0 Å². The Morgan fingerprint density at radius 3 is 1.95 bits per heavy atom. The molecule has 2 aliphatic rings. The van der Waals surface area contributed by atoms with Crippen LogP contribution in [0.4, 0.5) is 0 Å². The van der Waals surface area contributed by atoms with Gasteiger partial charge in [-0.3, -0.25) is 0 Å². The summed E-state index contributed by atoms with van der Waals surface area (Å²) >= 11 is 0. The fourth-order valence-corrected chi connectivity index (χ4v) is 3.03. The zero-order valence-electron chi connectivity index (χ0n) is 15.3. The van der Waals surface area contributed by atoms with Crippen LogP contribution in [0.5, 0.6) is 5.75 Å². The van der Waals surface area contributed by atoms with E-state index < -0.39 is 0 Å². The monoisotopic (exact) mass is 305 g/mol. The molecule has 2 nitrogen and oxygen atoms in total. The number of benzene rings is 1. The van der Waals surface area contributed by atoms with Gasteiger partial charge in [0.05, 0.1) is 0 Å². The number of aryl methyl sites for hydroxylation is 1. The van der Waals surface area contributed by atoms with Gasteiger partial charge in [0.2, 0.25) is 0 Å². The van der Waals surface area contributed by atoms with Gasteiger partial charge in [-0.05, 0) is 45.0 Å². The zero-order chi connectivity index (χ0) is 16.4. The fourth-order valence-electron chi connectivity index (χ4n) is 3.03. The SMILES string of the molecule is CC.CC.Cc1ccc(OC2CC(N3CCCCC3)C2)cc1. The van der Waals surface area contributed by atoms with E-state index in [1.807, 2.05) is 27.7 Å². The zero-order valence-corrected chi connectivity index (χ0v) is 15.3. The molecule has 1 saturated heterocycles. The molecule has 126 valence electrons. The lowest BCUT2D eigenvalue weighted by atomic mass is 9.86. The molecular weight excluding hydrogens is 270 g/mol. The van der Waals surface area contributed by atoms with Gasteiger partial charge in [-0.15, -0.1) is 0 Å². The van der Waals surface area contributed by atoms with E-state index in [-0.39, 0.29) is 0 Å². The third-order valence-electron chi connectivity index (χ3n) is 4.30. The molecule has 2 fully saturated rings. The molecule has 1 saturated carbocycles. The van der Waals surface area contributed by atoms with E-state index in [9.17, 15) is 0 Å². The Morgan fingerprint density at radius 2 is 1.41 bits per heavy atom. The first-order valence-electron chi connectivity index (χ1n) is 9.28. The highest BCUT2D eigenvalue weighted by Gasteiger charge is 2.35. The number of hydrogen-bond acceptors (Lipinski definition) is 2. The summed E-state index contributed by atoms with van der Waals surface area (Å²) in [6.45, 7) is 12.7. The molecule has 0 atom stereocenters. The molecule has 0 N–H and O–H groups in total. The van der Waals surface area contributed by atoms with E-state index in [4.69, 9.17) is 4.74 Å². The summed E-state index contributed by atoms with van der Waals surface area (Å²) in [6.07, 6.45) is 7.08. The van der Waals surface area contributed by atoms with Crippen LogP contribution in [-0.4, -0.2) is 30.1 Å². The van der Waals surface area contributed by atoms with Gasteiger partial charge in [0.15, 0.2) is 0 Å². The van der Waals surface area contributed by atoms with Crippen molar-refractivity contribution >= 4 is 0 Å². The van der Waals surface area contributed by atoms with E-state index in [0.717, 1.165) is 11.8 Å². The van der Waals surface area contributed by atoms with E-state index in [0.29, 0.717) is 6.10 Å². The van der Waals surface area contributed by atoms with Gasteiger partial charge in [-0.25, -0.2) is 0 Å². The lowest BCUT2D eigenvalue weighted by Crippen LogP contribution is -2.50. The Balaban J connectivity index is 0.000000561. The average molecular weight is 306 g/mol. The minimum Gasteiger partial charge on any atom is -0.490 e. The number of ether oxygens (including phenoxy) is 1. The minimum atomic E-state index is 0.444. The Labute approximate surface area is 137 Å². The third-order valence-corrected chi connectivity index (χ3v) is 4.30. The van der Waals surface area contributed by atoms with Crippen molar-refractivity contribution in [3.63, 3.8) is 0 Å². The predicted octanol–water partition coefficient (Wildman–Crippen LogP) is 5.44. The normalized spacial score (nSPS) is 24.0. The van der Waals surface area contributed by atoms with Crippen molar-refractivity contribution in [2.24, 2.45) is 0 Å². The summed E-state index contributed by atoms with van der Waals surface area (Å²) in [6, 6.07) is 9.21. The maximum atomic E-state index is 6.00. The molecule has 22 heavy (non-hydrogen) atoms. The highest BCUT2D eigenvalue weighted by Crippen LogP contribution is 2.31. The molecule has 1 aliphatic carbocycles.